The van der Waals surface area contributed by atoms with Crippen molar-refractivity contribution in [3.05, 3.63) is 23.8 Å². The third-order valence-corrected chi connectivity index (χ3v) is 5.05. The molecular formula is C25H40O4. The molecule has 0 aromatic heterocycles. The van der Waals surface area contributed by atoms with E-state index in [1.165, 1.54) is 25.7 Å². The molecule has 0 saturated carbocycles. The molecule has 0 atom stereocenters. The van der Waals surface area contributed by atoms with Crippen LogP contribution in [-0.4, -0.2) is 11.9 Å². The molecule has 0 amide bonds. The molecule has 0 aliphatic heterocycles. The minimum atomic E-state index is -0.268. The van der Waals surface area contributed by atoms with E-state index in [-0.39, 0.29) is 11.9 Å². The molecule has 0 unspecified atom stereocenters. The van der Waals surface area contributed by atoms with Crippen LogP contribution in [0.15, 0.2) is 18.2 Å². The summed E-state index contributed by atoms with van der Waals surface area (Å²) in [5.74, 6) is 0.459. The maximum Gasteiger partial charge on any atom is 0.311 e. The smallest absolute Gasteiger partial charge is 0.311 e. The molecule has 4 nitrogen and oxygen atoms in total. The second-order valence-electron chi connectivity index (χ2n) is 8.14. The van der Waals surface area contributed by atoms with Crippen LogP contribution in [-0.2, 0) is 9.59 Å². The number of hydrogen-bond donors (Lipinski definition) is 0. The van der Waals surface area contributed by atoms with Crippen LogP contribution in [0.4, 0.5) is 0 Å². The Bertz CT molecular complexity index is 607. The van der Waals surface area contributed by atoms with Gasteiger partial charge < -0.3 is 9.47 Å². The molecule has 1 rings (SSSR count). The van der Waals surface area contributed by atoms with Gasteiger partial charge in [0.2, 0.25) is 0 Å². The highest BCUT2D eigenvalue weighted by atomic mass is 16.6. The van der Waals surface area contributed by atoms with E-state index < -0.39 is 0 Å². The lowest BCUT2D eigenvalue weighted by molar-refractivity contribution is -0.137. The third-order valence-electron chi connectivity index (χ3n) is 5.05. The van der Waals surface area contributed by atoms with Gasteiger partial charge in [-0.3, -0.25) is 9.59 Å². The van der Waals surface area contributed by atoms with E-state index in [4.69, 9.17) is 9.47 Å². The normalized spacial score (nSPS) is 10.9. The number of esters is 2. The standard InChI is InChI=1S/C25H40O4/c1-5-7-9-11-13-15-24(26)28-22-18-17-21(20(3)4)19-23(22)29-25(27)16-14-12-10-8-6-2/h17-20H,5-16H2,1-4H3. The van der Waals surface area contributed by atoms with Crippen molar-refractivity contribution in [2.45, 2.75) is 111 Å². The van der Waals surface area contributed by atoms with Gasteiger partial charge in [0.25, 0.3) is 0 Å². The minimum absolute atomic E-state index is 0.265. The first-order valence-corrected chi connectivity index (χ1v) is 11.5. The van der Waals surface area contributed by atoms with Crippen molar-refractivity contribution in [3.63, 3.8) is 0 Å². The first-order chi connectivity index (χ1) is 14.0. The highest BCUT2D eigenvalue weighted by Crippen LogP contribution is 2.32. The summed E-state index contributed by atoms with van der Waals surface area (Å²) in [7, 11) is 0. The van der Waals surface area contributed by atoms with Gasteiger partial charge in [0, 0.05) is 12.8 Å². The van der Waals surface area contributed by atoms with Crippen molar-refractivity contribution >= 4 is 11.9 Å². The number of benzene rings is 1. The number of unbranched alkanes of at least 4 members (excludes halogenated alkanes) is 8. The second-order valence-corrected chi connectivity index (χ2v) is 8.14. The zero-order valence-electron chi connectivity index (χ0n) is 18.9. The number of carbonyl (C=O) groups excluding carboxylic acids is 2. The van der Waals surface area contributed by atoms with Gasteiger partial charge in [0.05, 0.1) is 0 Å². The van der Waals surface area contributed by atoms with Crippen LogP contribution in [0, 0.1) is 0 Å². The summed E-state index contributed by atoms with van der Waals surface area (Å²) in [5.41, 5.74) is 1.05. The molecule has 0 aliphatic rings. The van der Waals surface area contributed by atoms with Crippen molar-refractivity contribution in [2.24, 2.45) is 0 Å². The van der Waals surface area contributed by atoms with Gasteiger partial charge in [-0.1, -0.05) is 85.1 Å². The van der Waals surface area contributed by atoms with Crippen LogP contribution in [0.25, 0.3) is 0 Å². The van der Waals surface area contributed by atoms with Crippen molar-refractivity contribution < 1.29 is 19.1 Å². The first-order valence-electron chi connectivity index (χ1n) is 11.5. The molecule has 0 saturated heterocycles. The van der Waals surface area contributed by atoms with Crippen molar-refractivity contribution in [2.75, 3.05) is 0 Å². The van der Waals surface area contributed by atoms with Gasteiger partial charge >= 0.3 is 11.9 Å². The van der Waals surface area contributed by atoms with Crippen LogP contribution in [0.3, 0.4) is 0 Å². The molecule has 164 valence electrons. The average Bonchev–Trinajstić information content (AvgIpc) is 2.68. The molecule has 1 aromatic rings. The fourth-order valence-corrected chi connectivity index (χ4v) is 3.14. The van der Waals surface area contributed by atoms with Crippen molar-refractivity contribution in [3.8, 4) is 11.5 Å². The number of hydrogen-bond acceptors (Lipinski definition) is 4. The molecular weight excluding hydrogens is 364 g/mol. The molecule has 0 radical (unpaired) electrons. The summed E-state index contributed by atoms with van der Waals surface area (Å²) in [6, 6.07) is 5.49. The fourth-order valence-electron chi connectivity index (χ4n) is 3.14. The van der Waals surface area contributed by atoms with E-state index in [0.29, 0.717) is 30.3 Å². The summed E-state index contributed by atoms with van der Waals surface area (Å²) in [6.45, 7) is 8.50. The number of rotatable bonds is 15. The Morgan fingerprint density at radius 1 is 0.724 bits per heavy atom. The monoisotopic (exact) mass is 404 g/mol. The molecule has 0 aliphatic carbocycles. The number of ether oxygens (including phenoxy) is 2. The van der Waals surface area contributed by atoms with E-state index in [1.807, 2.05) is 12.1 Å². The lowest BCUT2D eigenvalue weighted by Gasteiger charge is -2.14. The van der Waals surface area contributed by atoms with Crippen LogP contribution in [0.5, 0.6) is 11.5 Å². The first kappa shape index (κ1) is 25.2. The van der Waals surface area contributed by atoms with E-state index in [1.54, 1.807) is 6.07 Å². The average molecular weight is 405 g/mol. The van der Waals surface area contributed by atoms with Crippen LogP contribution in [0.2, 0.25) is 0 Å². The topological polar surface area (TPSA) is 52.6 Å². The zero-order chi connectivity index (χ0) is 21.5. The molecule has 0 fully saturated rings. The largest absolute Gasteiger partial charge is 0.423 e. The molecule has 0 bridgehead atoms. The SMILES string of the molecule is CCCCCCCC(=O)Oc1ccc(C(C)C)cc1OC(=O)CCCCCCC. The number of carbonyl (C=O) groups is 2. The van der Waals surface area contributed by atoms with Gasteiger partial charge in [-0.15, -0.1) is 0 Å². The molecule has 1 aromatic carbocycles. The lowest BCUT2D eigenvalue weighted by atomic mass is 10.0. The Kier molecular flexibility index (Phi) is 13.1. The fraction of sp³-hybridized carbons (Fsp3) is 0.680. The van der Waals surface area contributed by atoms with E-state index in [9.17, 15) is 9.59 Å². The van der Waals surface area contributed by atoms with Crippen molar-refractivity contribution in [1.29, 1.82) is 0 Å². The molecule has 0 N–H and O–H groups in total. The predicted octanol–water partition coefficient (Wildman–Crippen LogP) is 7.34. The lowest BCUT2D eigenvalue weighted by Crippen LogP contribution is -2.12. The van der Waals surface area contributed by atoms with E-state index >= 15 is 0 Å². The molecule has 0 heterocycles. The van der Waals surface area contributed by atoms with Gasteiger partial charge in [0.15, 0.2) is 11.5 Å². The predicted molar refractivity (Wildman–Crippen MR) is 119 cm³/mol. The zero-order valence-corrected chi connectivity index (χ0v) is 18.9. The summed E-state index contributed by atoms with van der Waals surface area (Å²) < 4.78 is 11.1. The Morgan fingerprint density at radius 3 is 1.69 bits per heavy atom. The summed E-state index contributed by atoms with van der Waals surface area (Å²) in [5, 5.41) is 0. The van der Waals surface area contributed by atoms with Gasteiger partial charge in [-0.25, -0.2) is 0 Å². The molecule has 0 spiro atoms. The second kappa shape index (κ2) is 15.1. The third kappa shape index (κ3) is 11.1. The molecule has 29 heavy (non-hydrogen) atoms. The van der Waals surface area contributed by atoms with E-state index in [0.717, 1.165) is 44.1 Å². The van der Waals surface area contributed by atoms with Gasteiger partial charge in [-0.2, -0.15) is 0 Å². The maximum absolute atomic E-state index is 12.3. The van der Waals surface area contributed by atoms with E-state index in [2.05, 4.69) is 27.7 Å². The quantitative estimate of drug-likeness (QED) is 0.174. The summed E-state index contributed by atoms with van der Waals surface area (Å²) in [6.07, 6.45) is 11.6. The van der Waals surface area contributed by atoms with Crippen LogP contribution >= 0.6 is 0 Å². The van der Waals surface area contributed by atoms with Gasteiger partial charge in [0.1, 0.15) is 0 Å². The Morgan fingerprint density at radius 2 is 1.21 bits per heavy atom. The van der Waals surface area contributed by atoms with Crippen LogP contribution < -0.4 is 9.47 Å². The highest BCUT2D eigenvalue weighted by Gasteiger charge is 2.15. The summed E-state index contributed by atoms with van der Waals surface area (Å²) in [4.78, 5) is 24.5. The molecule has 4 heteroatoms. The van der Waals surface area contributed by atoms with Gasteiger partial charge in [-0.05, 0) is 36.5 Å². The minimum Gasteiger partial charge on any atom is -0.423 e. The van der Waals surface area contributed by atoms with Crippen LogP contribution in [0.1, 0.15) is 116 Å². The highest BCUT2D eigenvalue weighted by molar-refractivity contribution is 5.76. The Balaban J connectivity index is 2.64. The summed E-state index contributed by atoms with van der Waals surface area (Å²) >= 11 is 0. The Hall–Kier alpha value is -1.84. The maximum atomic E-state index is 12.3. The van der Waals surface area contributed by atoms with Crippen molar-refractivity contribution in [1.82, 2.24) is 0 Å². The Labute approximate surface area is 177 Å².